The molecule has 0 bridgehead atoms. The monoisotopic (exact) mass is 421 g/mol. The second-order valence-electron chi connectivity index (χ2n) is 6.29. The van der Waals surface area contributed by atoms with E-state index in [1.165, 1.54) is 12.1 Å². The van der Waals surface area contributed by atoms with Crippen molar-refractivity contribution in [2.75, 3.05) is 11.5 Å². The average molecular weight is 421 g/mol. The van der Waals surface area contributed by atoms with E-state index in [9.17, 15) is 17.6 Å². The summed E-state index contributed by atoms with van der Waals surface area (Å²) in [6.07, 6.45) is -3.15. The Morgan fingerprint density at radius 2 is 1.80 bits per heavy atom. The SMILES string of the molecule is Cn1ccc2c3c(N)nc(N)nc3cc(-c3cccc(F)c3)c21.O=C(O)C(F)(F)F. The van der Waals surface area contributed by atoms with E-state index in [4.69, 9.17) is 21.4 Å². The minimum absolute atomic E-state index is 0.121. The van der Waals surface area contributed by atoms with Gasteiger partial charge in [-0.2, -0.15) is 18.2 Å². The minimum Gasteiger partial charge on any atom is -0.475 e. The number of carboxylic acid groups (broad SMARTS) is 1. The van der Waals surface area contributed by atoms with Crippen LogP contribution >= 0.6 is 0 Å². The van der Waals surface area contributed by atoms with Crippen molar-refractivity contribution in [2.24, 2.45) is 7.05 Å². The van der Waals surface area contributed by atoms with Gasteiger partial charge in [-0.1, -0.05) is 12.1 Å². The van der Waals surface area contributed by atoms with Gasteiger partial charge in [-0.15, -0.1) is 0 Å². The maximum absolute atomic E-state index is 13.6. The molecule has 156 valence electrons. The summed E-state index contributed by atoms with van der Waals surface area (Å²) in [5, 5.41) is 8.80. The van der Waals surface area contributed by atoms with Gasteiger partial charge in [-0.05, 0) is 29.8 Å². The molecule has 0 fully saturated rings. The number of carbonyl (C=O) groups is 1. The molecule has 0 saturated heterocycles. The van der Waals surface area contributed by atoms with Crippen LogP contribution in [0, 0.1) is 5.82 Å². The van der Waals surface area contributed by atoms with E-state index in [0.717, 1.165) is 27.4 Å². The number of alkyl halides is 3. The minimum atomic E-state index is -5.08. The van der Waals surface area contributed by atoms with E-state index in [1.54, 1.807) is 6.07 Å². The lowest BCUT2D eigenvalue weighted by Gasteiger charge is -2.11. The first-order valence-electron chi connectivity index (χ1n) is 8.36. The van der Waals surface area contributed by atoms with Crippen molar-refractivity contribution < 1.29 is 27.5 Å². The van der Waals surface area contributed by atoms with Crippen molar-refractivity contribution in [1.82, 2.24) is 14.5 Å². The molecule has 2 heterocycles. The van der Waals surface area contributed by atoms with Crippen LogP contribution < -0.4 is 11.5 Å². The number of aromatic nitrogens is 3. The first-order chi connectivity index (χ1) is 14.0. The summed E-state index contributed by atoms with van der Waals surface area (Å²) in [5.74, 6) is -2.58. The van der Waals surface area contributed by atoms with Gasteiger partial charge in [-0.25, -0.2) is 14.2 Å². The molecule has 2 aromatic carbocycles. The number of carboxylic acids is 1. The lowest BCUT2D eigenvalue weighted by molar-refractivity contribution is -0.192. The Morgan fingerprint density at radius 3 is 2.40 bits per heavy atom. The number of hydrogen-bond donors (Lipinski definition) is 3. The van der Waals surface area contributed by atoms with Crippen LogP contribution in [0.3, 0.4) is 0 Å². The standard InChI is InChI=1S/C17H14FN5.C2HF3O2/c1-23-6-5-11-14-13(21-17(20)22-16(14)19)8-12(15(11)23)9-3-2-4-10(18)7-9;3-2(4,5)1(6)7/h2-8H,1H3,(H4,19,20,21,22);(H,6,7). The highest BCUT2D eigenvalue weighted by atomic mass is 19.4. The van der Waals surface area contributed by atoms with Crippen LogP contribution in [0.2, 0.25) is 0 Å². The van der Waals surface area contributed by atoms with Crippen molar-refractivity contribution in [3.8, 4) is 11.1 Å². The Bertz CT molecular complexity index is 1270. The van der Waals surface area contributed by atoms with Gasteiger partial charge in [0, 0.05) is 24.2 Å². The van der Waals surface area contributed by atoms with E-state index in [2.05, 4.69) is 9.97 Å². The van der Waals surface area contributed by atoms with E-state index >= 15 is 0 Å². The van der Waals surface area contributed by atoms with E-state index in [-0.39, 0.29) is 11.8 Å². The lowest BCUT2D eigenvalue weighted by atomic mass is 10.00. The molecule has 0 atom stereocenters. The number of halogens is 4. The predicted octanol–water partition coefficient (Wildman–Crippen LogP) is 3.73. The highest BCUT2D eigenvalue weighted by Gasteiger charge is 2.38. The Balaban J connectivity index is 0.000000318. The third-order valence-corrected chi connectivity index (χ3v) is 4.24. The van der Waals surface area contributed by atoms with Crippen LogP contribution in [0.5, 0.6) is 0 Å². The third kappa shape index (κ3) is 3.95. The largest absolute Gasteiger partial charge is 0.490 e. The van der Waals surface area contributed by atoms with Crippen molar-refractivity contribution in [1.29, 1.82) is 0 Å². The summed E-state index contributed by atoms with van der Waals surface area (Å²) in [6.45, 7) is 0. The number of nitrogens with two attached hydrogens (primary N) is 2. The Labute approximate surface area is 166 Å². The molecule has 0 saturated carbocycles. The average Bonchev–Trinajstić information content (AvgIpc) is 3.02. The fraction of sp³-hybridized carbons (Fsp3) is 0.105. The van der Waals surface area contributed by atoms with Gasteiger partial charge < -0.3 is 21.1 Å². The smallest absolute Gasteiger partial charge is 0.475 e. The zero-order valence-electron chi connectivity index (χ0n) is 15.4. The molecule has 0 radical (unpaired) electrons. The summed E-state index contributed by atoms with van der Waals surface area (Å²) >= 11 is 0. The quantitative estimate of drug-likeness (QED) is 0.403. The van der Waals surface area contributed by atoms with Crippen molar-refractivity contribution in [2.45, 2.75) is 6.18 Å². The fourth-order valence-corrected chi connectivity index (χ4v) is 3.04. The lowest BCUT2D eigenvalue weighted by Crippen LogP contribution is -2.21. The number of nitrogens with zero attached hydrogens (tertiary/aromatic N) is 3. The number of aliphatic carboxylic acids is 1. The normalized spacial score (nSPS) is 11.4. The molecule has 4 rings (SSSR count). The molecule has 30 heavy (non-hydrogen) atoms. The van der Waals surface area contributed by atoms with Crippen LogP contribution in [0.25, 0.3) is 32.9 Å². The number of benzene rings is 2. The maximum atomic E-state index is 13.6. The second-order valence-corrected chi connectivity index (χ2v) is 6.29. The zero-order valence-corrected chi connectivity index (χ0v) is 15.4. The van der Waals surface area contributed by atoms with Crippen LogP contribution in [0.1, 0.15) is 0 Å². The summed E-state index contributed by atoms with van der Waals surface area (Å²) in [5.41, 5.74) is 15.0. The molecule has 2 aromatic heterocycles. The van der Waals surface area contributed by atoms with E-state index < -0.39 is 12.1 Å². The highest BCUT2D eigenvalue weighted by Crippen LogP contribution is 2.36. The molecule has 0 aliphatic rings. The molecule has 5 N–H and O–H groups in total. The van der Waals surface area contributed by atoms with Gasteiger partial charge >= 0.3 is 12.1 Å². The predicted molar refractivity (Wildman–Crippen MR) is 104 cm³/mol. The number of anilines is 2. The first kappa shape index (κ1) is 20.8. The Kier molecular flexibility index (Phi) is 5.21. The number of fused-ring (bicyclic) bond motifs is 3. The zero-order chi connectivity index (χ0) is 22.2. The summed E-state index contributed by atoms with van der Waals surface area (Å²) in [7, 11) is 1.94. The summed E-state index contributed by atoms with van der Waals surface area (Å²) in [6, 6.07) is 10.3. The highest BCUT2D eigenvalue weighted by molar-refractivity contribution is 6.15. The van der Waals surface area contributed by atoms with Crippen LogP contribution in [-0.2, 0) is 11.8 Å². The molecule has 4 aromatic rings. The number of hydrogen-bond acceptors (Lipinski definition) is 5. The summed E-state index contributed by atoms with van der Waals surface area (Å²) < 4.78 is 47.4. The van der Waals surface area contributed by atoms with Crippen molar-refractivity contribution in [3.63, 3.8) is 0 Å². The number of aryl methyl sites for hydroxylation is 1. The fourth-order valence-electron chi connectivity index (χ4n) is 3.04. The summed E-state index contributed by atoms with van der Waals surface area (Å²) in [4.78, 5) is 17.2. The van der Waals surface area contributed by atoms with E-state index in [0.29, 0.717) is 11.3 Å². The van der Waals surface area contributed by atoms with Crippen LogP contribution in [0.4, 0.5) is 29.3 Å². The van der Waals surface area contributed by atoms with Crippen LogP contribution in [0.15, 0.2) is 42.6 Å². The Hall–Kier alpha value is -3.89. The van der Waals surface area contributed by atoms with Gasteiger partial charge in [0.15, 0.2) is 0 Å². The third-order valence-electron chi connectivity index (χ3n) is 4.24. The van der Waals surface area contributed by atoms with Gasteiger partial charge in [0.2, 0.25) is 5.95 Å². The van der Waals surface area contributed by atoms with Crippen molar-refractivity contribution >= 4 is 39.5 Å². The molecule has 0 aliphatic carbocycles. The molecule has 0 spiro atoms. The molecule has 11 heteroatoms. The van der Waals surface area contributed by atoms with Crippen LogP contribution in [-0.4, -0.2) is 31.8 Å². The topological polar surface area (TPSA) is 120 Å². The Morgan fingerprint density at radius 1 is 1.13 bits per heavy atom. The van der Waals surface area contributed by atoms with Crippen molar-refractivity contribution in [3.05, 3.63) is 48.4 Å². The second kappa shape index (κ2) is 7.50. The number of rotatable bonds is 1. The molecule has 7 nitrogen and oxygen atoms in total. The van der Waals surface area contributed by atoms with Gasteiger partial charge in [0.05, 0.1) is 16.4 Å². The van der Waals surface area contributed by atoms with E-state index in [1.807, 2.05) is 36.0 Å². The van der Waals surface area contributed by atoms with Gasteiger partial charge in [-0.3, -0.25) is 0 Å². The first-order valence-corrected chi connectivity index (χ1v) is 8.36. The van der Waals surface area contributed by atoms with Gasteiger partial charge in [0.25, 0.3) is 0 Å². The maximum Gasteiger partial charge on any atom is 0.490 e. The molecule has 0 amide bonds. The molecular formula is C19H15F4N5O2. The molecule has 0 aliphatic heterocycles. The number of nitrogen functional groups attached to an aromatic ring is 2. The molecule has 0 unspecified atom stereocenters. The van der Waals surface area contributed by atoms with Gasteiger partial charge in [0.1, 0.15) is 11.6 Å². The molecular weight excluding hydrogens is 406 g/mol.